The summed E-state index contributed by atoms with van der Waals surface area (Å²) in [6.07, 6.45) is 0. The lowest BCUT2D eigenvalue weighted by Crippen LogP contribution is -2.74. The minimum atomic E-state index is -3.60. The molecule has 0 radical (unpaired) electrons. The summed E-state index contributed by atoms with van der Waals surface area (Å²) in [4.78, 5) is 10.5. The summed E-state index contributed by atoms with van der Waals surface area (Å²) >= 11 is 0. The van der Waals surface area contributed by atoms with Gasteiger partial charge in [0, 0.05) is 33.2 Å². The van der Waals surface area contributed by atoms with Crippen molar-refractivity contribution < 1.29 is 6.85 Å². The van der Waals surface area contributed by atoms with Gasteiger partial charge >= 0.3 is 0 Å². The van der Waals surface area contributed by atoms with E-state index in [2.05, 4.69) is 24.3 Å². The monoisotopic (exact) mass is 749 g/mol. The fraction of sp³-hybridized carbons (Fsp3) is 0. The quantitative estimate of drug-likeness (QED) is 0.120. The van der Waals surface area contributed by atoms with E-state index in [1.807, 2.05) is 173 Å². The van der Waals surface area contributed by atoms with Crippen LogP contribution in [-0.2, 0) is 0 Å². The molecular weight excluding hydrogens is 709 g/mol. The first-order valence-corrected chi connectivity index (χ1v) is 21.0. The van der Waals surface area contributed by atoms with E-state index in [1.54, 1.807) is 0 Å². The van der Waals surface area contributed by atoms with E-state index in [0.29, 0.717) is 5.19 Å². The van der Waals surface area contributed by atoms with E-state index < -0.39 is 8.07 Å². The Morgan fingerprint density at radius 3 is 1.25 bits per heavy atom. The summed E-state index contributed by atoms with van der Waals surface area (Å²) in [5, 5.41) is 7.11. The van der Waals surface area contributed by atoms with Crippen LogP contribution in [0.25, 0.3) is 66.6 Å². The molecule has 5 heteroatoms. The lowest BCUT2D eigenvalue weighted by atomic mass is 10.1. The van der Waals surface area contributed by atoms with Crippen molar-refractivity contribution in [1.29, 1.82) is 0 Å². The molecule has 0 saturated heterocycles. The maximum atomic E-state index is 10.4. The Hall–Kier alpha value is -7.34. The van der Waals surface area contributed by atoms with E-state index >= 15 is 0 Å². The van der Waals surface area contributed by atoms with Gasteiger partial charge in [0.2, 0.25) is 5.95 Å². The van der Waals surface area contributed by atoms with Gasteiger partial charge in [0.1, 0.15) is 5.82 Å². The second-order valence-corrected chi connectivity index (χ2v) is 17.9. The number of aromatic nitrogens is 4. The number of rotatable bonds is 7. The van der Waals surface area contributed by atoms with Crippen molar-refractivity contribution in [1.82, 2.24) is 19.1 Å². The highest BCUT2D eigenvalue weighted by atomic mass is 28.3. The molecule has 0 fully saturated rings. The third kappa shape index (κ3) is 5.20. The fourth-order valence-corrected chi connectivity index (χ4v) is 13.1. The topological polar surface area (TPSA) is 35.6 Å². The summed E-state index contributed by atoms with van der Waals surface area (Å²) in [5.41, 5.74) is 3.44. The maximum absolute atomic E-state index is 10.4. The van der Waals surface area contributed by atoms with E-state index in [9.17, 15) is 6.85 Å². The van der Waals surface area contributed by atoms with Gasteiger partial charge in [-0.1, -0.05) is 188 Å². The average Bonchev–Trinajstić information content (AvgIpc) is 3.84. The summed E-state index contributed by atoms with van der Waals surface area (Å²) in [5.74, 6) is 0.522. The number of fused-ring (bicyclic) bond motifs is 6. The second kappa shape index (κ2) is 13.4. The molecule has 0 bridgehead atoms. The third-order valence-corrected chi connectivity index (χ3v) is 15.7. The van der Waals surface area contributed by atoms with Crippen LogP contribution in [0.4, 0.5) is 0 Å². The van der Waals surface area contributed by atoms with Crippen LogP contribution >= 0.6 is 0 Å². The molecule has 0 N–H and O–H groups in total. The molecule has 11 aromatic rings. The first-order chi connectivity index (χ1) is 30.4. The van der Waals surface area contributed by atoms with Crippen LogP contribution in [0.3, 0.4) is 0 Å². The normalized spacial score (nSPS) is 13.1. The smallest absolute Gasteiger partial charge is 0.237 e. The first kappa shape index (κ1) is 28.1. The minimum Gasteiger partial charge on any atom is -0.294 e. The van der Waals surface area contributed by atoms with Gasteiger partial charge in [0.15, 0.2) is 8.07 Å². The lowest BCUT2D eigenvalue weighted by molar-refractivity contribution is 0.952. The molecule has 57 heavy (non-hydrogen) atoms. The van der Waals surface area contributed by atoms with E-state index in [0.717, 1.165) is 59.2 Å². The van der Waals surface area contributed by atoms with Crippen LogP contribution in [0.1, 0.15) is 6.85 Å². The molecule has 4 nitrogen and oxygen atoms in total. The molecule has 0 aliphatic carbocycles. The molecule has 0 atom stereocenters. The zero-order chi connectivity index (χ0) is 42.1. The summed E-state index contributed by atoms with van der Waals surface area (Å²) in [7, 11) is -3.60. The van der Waals surface area contributed by atoms with Crippen molar-refractivity contribution in [2.45, 2.75) is 0 Å². The molecule has 0 amide bonds. The summed E-state index contributed by atoms with van der Waals surface area (Å²) < 4.78 is 53.6. The number of hydrogen-bond donors (Lipinski definition) is 0. The van der Waals surface area contributed by atoms with Crippen molar-refractivity contribution in [2.75, 3.05) is 0 Å². The molecule has 3 aromatic heterocycles. The molecule has 0 aliphatic heterocycles. The highest BCUT2D eigenvalue weighted by Gasteiger charge is 2.41. The average molecular weight is 750 g/mol. The number of benzene rings is 8. The number of nitrogens with zero attached hydrogens (tertiary/aromatic N) is 4. The molecule has 268 valence electrons. The van der Waals surface area contributed by atoms with Crippen LogP contribution in [-0.4, -0.2) is 27.2 Å². The van der Waals surface area contributed by atoms with Gasteiger partial charge < -0.3 is 0 Å². The van der Waals surface area contributed by atoms with Gasteiger partial charge in [-0.3, -0.25) is 9.13 Å². The molecule has 0 saturated carbocycles. The molecule has 3 heterocycles. The highest BCUT2D eigenvalue weighted by Crippen LogP contribution is 2.35. The molecule has 11 rings (SSSR count). The van der Waals surface area contributed by atoms with Crippen molar-refractivity contribution in [2.24, 2.45) is 0 Å². The van der Waals surface area contributed by atoms with Crippen molar-refractivity contribution >= 4 is 72.4 Å². The van der Waals surface area contributed by atoms with Crippen molar-refractivity contribution in [3.05, 3.63) is 218 Å². The van der Waals surface area contributed by atoms with Gasteiger partial charge in [-0.05, 0) is 45.0 Å². The summed E-state index contributed by atoms with van der Waals surface area (Å²) in [6, 6.07) is 61.1. The van der Waals surface area contributed by atoms with Crippen LogP contribution in [0.15, 0.2) is 218 Å². The zero-order valence-corrected chi connectivity index (χ0v) is 31.7. The number of hydrogen-bond acceptors (Lipinski definition) is 2. The maximum Gasteiger partial charge on any atom is 0.237 e. The largest absolute Gasteiger partial charge is 0.294 e. The van der Waals surface area contributed by atoms with E-state index in [4.69, 9.17) is 9.97 Å². The molecule has 8 aromatic carbocycles. The highest BCUT2D eigenvalue weighted by molar-refractivity contribution is 7.19. The first-order valence-electron chi connectivity index (χ1n) is 21.5. The minimum absolute atomic E-state index is 0.0112. The predicted octanol–water partition coefficient (Wildman–Crippen LogP) is 9.72. The Bertz CT molecular complexity index is 3330. The lowest BCUT2D eigenvalue weighted by Gasteiger charge is -2.34. The van der Waals surface area contributed by atoms with Gasteiger partial charge in [0.25, 0.3) is 0 Å². The van der Waals surface area contributed by atoms with E-state index in [1.165, 1.54) is 0 Å². The van der Waals surface area contributed by atoms with Crippen LogP contribution in [0.5, 0.6) is 0 Å². The van der Waals surface area contributed by atoms with Crippen molar-refractivity contribution in [3.8, 4) is 23.0 Å². The zero-order valence-electron chi connectivity index (χ0n) is 35.7. The predicted molar refractivity (Wildman–Crippen MR) is 240 cm³/mol. The number of para-hydroxylation sites is 4. The van der Waals surface area contributed by atoms with Crippen LogP contribution in [0.2, 0.25) is 0 Å². The summed E-state index contributed by atoms with van der Waals surface area (Å²) in [6.45, 7) is 0. The Kier molecular flexibility index (Phi) is 6.63. The second-order valence-electron chi connectivity index (χ2n) is 14.2. The third-order valence-electron chi connectivity index (χ3n) is 11.1. The Labute approximate surface area is 338 Å². The Balaban J connectivity index is 1.32. The van der Waals surface area contributed by atoms with Gasteiger partial charge in [0.05, 0.1) is 34.6 Å². The van der Waals surface area contributed by atoms with Gasteiger partial charge in [-0.2, -0.15) is 4.98 Å². The molecule has 0 aliphatic rings. The standard InChI is InChI=1S/C52H36N4Si/c1-4-20-38(21-5-1)57(39-22-6-2-7-23-39,40-24-8-3-9-25-40)41-26-18-19-37(35-41)46-36-51(55-47-31-14-10-27-42(47)43-28-11-15-32-48(43)55)54-52(53-46)56-49-33-16-12-29-44(49)45-30-13-17-34-50(45)56/h1-36H/i18D,19D,26D,35D,36D. The fourth-order valence-electron chi connectivity index (χ4n) is 8.64. The molecule has 0 unspecified atom stereocenters. The Morgan fingerprint density at radius 1 is 0.386 bits per heavy atom. The SMILES string of the molecule is [2H]c1c(-c2c([2H])c([2H])c([2H])c([Si](c3ccccc3)(c3ccccc3)c3ccccc3)c2[2H])nc(-n2c3ccccc3c3ccccc32)nc1-n1c2ccccc2c2ccccc21. The van der Waals surface area contributed by atoms with E-state index in [-0.39, 0.29) is 53.2 Å². The molecular formula is C52H36N4Si. The van der Waals surface area contributed by atoms with Crippen LogP contribution < -0.4 is 20.7 Å². The van der Waals surface area contributed by atoms with Crippen molar-refractivity contribution in [3.63, 3.8) is 0 Å². The van der Waals surface area contributed by atoms with Crippen LogP contribution in [0, 0.1) is 0 Å². The van der Waals surface area contributed by atoms with Gasteiger partial charge in [-0.25, -0.2) is 4.98 Å². The molecule has 0 spiro atoms. The Morgan fingerprint density at radius 2 is 0.789 bits per heavy atom. The van der Waals surface area contributed by atoms with Gasteiger partial charge in [-0.15, -0.1) is 0 Å².